The Labute approximate surface area is 126 Å². The van der Waals surface area contributed by atoms with Gasteiger partial charge in [0, 0.05) is 0 Å². The molecule has 0 aromatic carbocycles. The lowest BCUT2D eigenvalue weighted by molar-refractivity contribution is -0.396. The number of nitrogens with zero attached hydrogens (tertiary/aromatic N) is 4. The second kappa shape index (κ2) is 8.77. The van der Waals surface area contributed by atoms with Crippen LogP contribution >= 0.6 is 0 Å². The van der Waals surface area contributed by atoms with Gasteiger partial charge in [0.15, 0.2) is 0 Å². The van der Waals surface area contributed by atoms with Gasteiger partial charge in [-0.3, -0.25) is 0 Å². The van der Waals surface area contributed by atoms with Crippen LogP contribution in [0.1, 0.15) is 51.4 Å². The molecule has 6 heteroatoms. The highest BCUT2D eigenvalue weighted by Crippen LogP contribution is 2.13. The van der Waals surface area contributed by atoms with Crippen molar-refractivity contribution in [2.45, 2.75) is 57.9 Å². The molecule has 0 saturated carbocycles. The molecule has 1 fully saturated rings. The molecular formula is C15H26N4O2. The van der Waals surface area contributed by atoms with Crippen LogP contribution in [-0.2, 0) is 6.54 Å². The first-order valence-electron chi connectivity index (χ1n) is 8.15. The van der Waals surface area contributed by atoms with Gasteiger partial charge in [0.2, 0.25) is 0 Å². The van der Waals surface area contributed by atoms with Gasteiger partial charge in [-0.05, 0) is 50.2 Å². The molecule has 0 bridgehead atoms. The van der Waals surface area contributed by atoms with E-state index in [1.807, 2.05) is 0 Å². The minimum absolute atomic E-state index is 0.0411. The third-order valence-corrected chi connectivity index (χ3v) is 4.18. The standard InChI is InChI=1S/C15H26N4O2/c20-19(21)15-16-9-14-18(15)13-6-4-2-1-3-5-10-17-11-7-8-12-17/h9,14H,1-8,10-13H2. The number of unbranched alkanes of at least 4 members (excludes halogenated alkanes) is 5. The third-order valence-electron chi connectivity index (χ3n) is 4.18. The summed E-state index contributed by atoms with van der Waals surface area (Å²) in [6, 6.07) is 0. The van der Waals surface area contributed by atoms with E-state index < -0.39 is 4.92 Å². The van der Waals surface area contributed by atoms with Crippen LogP contribution in [0.25, 0.3) is 0 Å². The largest absolute Gasteiger partial charge is 0.434 e. The van der Waals surface area contributed by atoms with Gasteiger partial charge in [-0.15, -0.1) is 0 Å². The van der Waals surface area contributed by atoms with Crippen LogP contribution in [0.5, 0.6) is 0 Å². The van der Waals surface area contributed by atoms with Crippen molar-refractivity contribution in [2.75, 3.05) is 19.6 Å². The molecule has 118 valence electrons. The number of hydrogen-bond acceptors (Lipinski definition) is 4. The summed E-state index contributed by atoms with van der Waals surface area (Å²) < 4.78 is 1.63. The molecular weight excluding hydrogens is 268 g/mol. The second-order valence-electron chi connectivity index (χ2n) is 5.85. The van der Waals surface area contributed by atoms with E-state index in [0.29, 0.717) is 6.54 Å². The van der Waals surface area contributed by atoms with E-state index in [-0.39, 0.29) is 5.95 Å². The number of aromatic nitrogens is 2. The Morgan fingerprint density at radius 1 is 1.05 bits per heavy atom. The van der Waals surface area contributed by atoms with E-state index in [9.17, 15) is 10.1 Å². The molecule has 1 aliphatic rings. The van der Waals surface area contributed by atoms with E-state index in [1.165, 1.54) is 64.4 Å². The Kier molecular flexibility index (Phi) is 6.66. The molecule has 21 heavy (non-hydrogen) atoms. The van der Waals surface area contributed by atoms with Crippen molar-refractivity contribution >= 4 is 5.95 Å². The number of imidazole rings is 1. The Bertz CT molecular complexity index is 427. The SMILES string of the molecule is O=[N+]([O-])c1nccn1CCCCCCCCN1CCCC1. The molecule has 1 aromatic heterocycles. The highest BCUT2D eigenvalue weighted by molar-refractivity contribution is 5.06. The lowest BCUT2D eigenvalue weighted by atomic mass is 10.1. The smallest absolute Gasteiger partial charge is 0.390 e. The summed E-state index contributed by atoms with van der Waals surface area (Å²) in [5.74, 6) is -0.0411. The molecule has 2 rings (SSSR count). The summed E-state index contributed by atoms with van der Waals surface area (Å²) in [5.41, 5.74) is 0. The summed E-state index contributed by atoms with van der Waals surface area (Å²) in [7, 11) is 0. The average molecular weight is 294 g/mol. The van der Waals surface area contributed by atoms with Crippen LogP contribution in [0.3, 0.4) is 0 Å². The fourth-order valence-electron chi connectivity index (χ4n) is 2.98. The molecule has 1 saturated heterocycles. The number of nitro groups is 1. The molecule has 0 spiro atoms. The van der Waals surface area contributed by atoms with Crippen LogP contribution < -0.4 is 0 Å². The lowest BCUT2D eigenvalue weighted by Crippen LogP contribution is -2.20. The van der Waals surface area contributed by atoms with Crippen LogP contribution in [0.4, 0.5) is 5.95 Å². The monoisotopic (exact) mass is 294 g/mol. The Hall–Kier alpha value is -1.43. The van der Waals surface area contributed by atoms with E-state index in [1.54, 1.807) is 10.8 Å². The minimum atomic E-state index is -0.418. The van der Waals surface area contributed by atoms with Crippen molar-refractivity contribution < 1.29 is 4.92 Å². The topological polar surface area (TPSA) is 64.2 Å². The lowest BCUT2D eigenvalue weighted by Gasteiger charge is -2.13. The van der Waals surface area contributed by atoms with Crippen LogP contribution in [0.2, 0.25) is 0 Å². The number of aryl methyl sites for hydroxylation is 1. The van der Waals surface area contributed by atoms with Gasteiger partial charge < -0.3 is 15.0 Å². The molecule has 0 unspecified atom stereocenters. The van der Waals surface area contributed by atoms with Gasteiger partial charge in [-0.1, -0.05) is 30.7 Å². The first kappa shape index (κ1) is 15.9. The molecule has 2 heterocycles. The predicted molar refractivity (Wildman–Crippen MR) is 82.3 cm³/mol. The maximum atomic E-state index is 10.7. The van der Waals surface area contributed by atoms with Gasteiger partial charge in [-0.2, -0.15) is 0 Å². The quantitative estimate of drug-likeness (QED) is 0.377. The van der Waals surface area contributed by atoms with E-state index in [2.05, 4.69) is 9.88 Å². The predicted octanol–water partition coefficient (Wildman–Crippen LogP) is 3.23. The van der Waals surface area contributed by atoms with Crippen LogP contribution in [0, 0.1) is 10.1 Å². The maximum absolute atomic E-state index is 10.7. The molecule has 1 aliphatic heterocycles. The highest BCUT2D eigenvalue weighted by atomic mass is 16.6. The normalized spacial score (nSPS) is 15.6. The molecule has 0 aliphatic carbocycles. The van der Waals surface area contributed by atoms with Gasteiger partial charge in [0.25, 0.3) is 0 Å². The van der Waals surface area contributed by atoms with Crippen molar-refractivity contribution in [1.29, 1.82) is 0 Å². The Morgan fingerprint density at radius 2 is 1.67 bits per heavy atom. The van der Waals surface area contributed by atoms with Crippen molar-refractivity contribution in [2.24, 2.45) is 0 Å². The molecule has 0 radical (unpaired) electrons. The summed E-state index contributed by atoms with van der Waals surface area (Å²) in [6.45, 7) is 4.55. The molecule has 0 amide bonds. The fraction of sp³-hybridized carbons (Fsp3) is 0.800. The van der Waals surface area contributed by atoms with Crippen molar-refractivity contribution in [3.05, 3.63) is 22.5 Å². The summed E-state index contributed by atoms with van der Waals surface area (Å²) in [6.07, 6.45) is 13.2. The molecule has 0 atom stereocenters. The summed E-state index contributed by atoms with van der Waals surface area (Å²) >= 11 is 0. The first-order chi connectivity index (χ1) is 10.3. The first-order valence-corrected chi connectivity index (χ1v) is 8.15. The van der Waals surface area contributed by atoms with Gasteiger partial charge in [0.1, 0.15) is 12.4 Å². The molecule has 1 aromatic rings. The third kappa shape index (κ3) is 5.46. The zero-order valence-electron chi connectivity index (χ0n) is 12.7. The Balaban J connectivity index is 1.46. The van der Waals surface area contributed by atoms with Crippen molar-refractivity contribution in [3.63, 3.8) is 0 Å². The average Bonchev–Trinajstić information content (AvgIpc) is 3.12. The van der Waals surface area contributed by atoms with E-state index in [4.69, 9.17) is 0 Å². The minimum Gasteiger partial charge on any atom is -0.390 e. The summed E-state index contributed by atoms with van der Waals surface area (Å²) in [5, 5.41) is 10.7. The van der Waals surface area contributed by atoms with E-state index >= 15 is 0 Å². The van der Waals surface area contributed by atoms with Gasteiger partial charge in [0.05, 0.1) is 6.54 Å². The second-order valence-corrected chi connectivity index (χ2v) is 5.85. The zero-order chi connectivity index (χ0) is 14.9. The van der Waals surface area contributed by atoms with Crippen molar-refractivity contribution in [3.8, 4) is 0 Å². The number of hydrogen-bond donors (Lipinski definition) is 0. The molecule has 0 N–H and O–H groups in total. The maximum Gasteiger partial charge on any atom is 0.434 e. The zero-order valence-corrected chi connectivity index (χ0v) is 12.7. The van der Waals surface area contributed by atoms with Crippen LogP contribution in [-0.4, -0.2) is 39.0 Å². The summed E-state index contributed by atoms with van der Waals surface area (Å²) in [4.78, 5) is 16.6. The number of likely N-dealkylation sites (tertiary alicyclic amines) is 1. The molecule has 6 nitrogen and oxygen atoms in total. The van der Waals surface area contributed by atoms with Crippen LogP contribution in [0.15, 0.2) is 12.4 Å². The Morgan fingerprint density at radius 3 is 2.33 bits per heavy atom. The van der Waals surface area contributed by atoms with Gasteiger partial charge in [-0.25, -0.2) is 4.57 Å². The highest BCUT2D eigenvalue weighted by Gasteiger charge is 2.13. The van der Waals surface area contributed by atoms with E-state index in [0.717, 1.165) is 12.8 Å². The van der Waals surface area contributed by atoms with Crippen molar-refractivity contribution in [1.82, 2.24) is 14.5 Å². The number of rotatable bonds is 10. The fourth-order valence-corrected chi connectivity index (χ4v) is 2.98. The van der Waals surface area contributed by atoms with Gasteiger partial charge >= 0.3 is 5.95 Å².